The van der Waals surface area contributed by atoms with Crippen molar-refractivity contribution in [1.29, 1.82) is 0 Å². The quantitative estimate of drug-likeness (QED) is 0.356. The minimum Gasteiger partial charge on any atom is -0.487 e. The molecule has 3 N–H and O–H groups in total. The van der Waals surface area contributed by atoms with Crippen LogP contribution in [-0.2, 0) is 17.9 Å². The molecular formula is C28H34N2O6S. The summed E-state index contributed by atoms with van der Waals surface area (Å²) in [7, 11) is -3.32. The molecule has 0 radical (unpaired) electrons. The molecule has 37 heavy (non-hydrogen) atoms. The van der Waals surface area contributed by atoms with E-state index in [1.165, 1.54) is 6.07 Å². The van der Waals surface area contributed by atoms with Gasteiger partial charge in [-0.15, -0.1) is 10.8 Å². The maximum atomic E-state index is 12.6. The Labute approximate surface area is 218 Å². The molecule has 0 amide bonds. The van der Waals surface area contributed by atoms with E-state index in [0.29, 0.717) is 29.3 Å². The molecule has 4 rings (SSSR count). The van der Waals surface area contributed by atoms with Crippen molar-refractivity contribution in [3.63, 3.8) is 0 Å². The largest absolute Gasteiger partial charge is 0.487 e. The fourth-order valence-corrected chi connectivity index (χ4v) is 6.41. The zero-order valence-electron chi connectivity index (χ0n) is 21.3. The van der Waals surface area contributed by atoms with E-state index in [0.717, 1.165) is 23.1 Å². The van der Waals surface area contributed by atoms with E-state index in [9.17, 15) is 23.8 Å². The van der Waals surface area contributed by atoms with Gasteiger partial charge in [-0.1, -0.05) is 37.3 Å². The number of hydrogen-bond acceptors (Lipinski definition) is 6. The Hall–Kier alpha value is -3.11. The third-order valence-corrected chi connectivity index (χ3v) is 8.61. The van der Waals surface area contributed by atoms with Gasteiger partial charge in [0.05, 0.1) is 13.0 Å². The zero-order valence-corrected chi connectivity index (χ0v) is 22.1. The van der Waals surface area contributed by atoms with Gasteiger partial charge in [-0.25, -0.2) is 0 Å². The molecule has 2 unspecified atom stereocenters. The average molecular weight is 527 g/mol. The SMILES string of the molecule is CCCn1ccc(C(CC(=O)O)c2ccc(C)c(CN3CC(C)Oc4ccccc4S3(O)O)c2)cc1=O. The number of para-hydroxylation sites is 1. The fraction of sp³-hybridized carbons (Fsp3) is 0.357. The fourth-order valence-electron chi connectivity index (χ4n) is 4.75. The second-order valence-electron chi connectivity index (χ2n) is 9.54. The maximum Gasteiger partial charge on any atom is 0.304 e. The number of carboxylic acids is 1. The number of aliphatic carboxylic acids is 1. The first-order chi connectivity index (χ1) is 17.6. The van der Waals surface area contributed by atoms with Crippen LogP contribution in [0.4, 0.5) is 0 Å². The number of hydrogen-bond donors (Lipinski definition) is 3. The summed E-state index contributed by atoms with van der Waals surface area (Å²) in [5.41, 5.74) is 3.03. The summed E-state index contributed by atoms with van der Waals surface area (Å²) < 4.78 is 31.8. The molecule has 2 aromatic carbocycles. The maximum absolute atomic E-state index is 12.6. The van der Waals surface area contributed by atoms with Crippen LogP contribution in [0.15, 0.2) is 70.5 Å². The molecule has 8 nitrogen and oxygen atoms in total. The molecule has 2 heterocycles. The smallest absolute Gasteiger partial charge is 0.304 e. The van der Waals surface area contributed by atoms with Crippen molar-refractivity contribution >= 4 is 16.7 Å². The van der Waals surface area contributed by atoms with Crippen molar-refractivity contribution in [2.45, 2.75) is 63.6 Å². The standard InChI is InChI=1S/C28H34N2O6S/c1-4-12-29-13-11-22(15-27(29)31)24(16-28(32)33)21-10-9-19(2)23(14-21)18-30-17-20(3)36-25-7-5-6-8-26(25)37(30,34)35/h5-11,13-15,20,24,34-35H,4,12,16-18H2,1-3H3,(H,32,33). The molecule has 3 aromatic rings. The first-order valence-electron chi connectivity index (χ1n) is 12.4. The molecule has 2 atom stereocenters. The molecule has 0 fully saturated rings. The summed E-state index contributed by atoms with van der Waals surface area (Å²) in [6.45, 7) is 6.96. The first kappa shape index (κ1) is 26.9. The van der Waals surface area contributed by atoms with Gasteiger partial charge >= 0.3 is 5.97 Å². The van der Waals surface area contributed by atoms with E-state index in [-0.39, 0.29) is 24.6 Å². The molecule has 1 aliphatic heterocycles. The number of aromatic nitrogens is 1. The van der Waals surface area contributed by atoms with Crippen LogP contribution in [0, 0.1) is 6.92 Å². The number of carbonyl (C=O) groups is 1. The average Bonchev–Trinajstić information content (AvgIpc) is 2.93. The van der Waals surface area contributed by atoms with Crippen LogP contribution in [-0.4, -0.2) is 41.7 Å². The van der Waals surface area contributed by atoms with E-state index >= 15 is 0 Å². The Bertz CT molecular complexity index is 1340. The van der Waals surface area contributed by atoms with Crippen molar-refractivity contribution in [1.82, 2.24) is 8.87 Å². The van der Waals surface area contributed by atoms with Crippen LogP contribution in [0.1, 0.15) is 54.9 Å². The topological polar surface area (TPSA) is 112 Å². The number of benzene rings is 2. The second-order valence-corrected chi connectivity index (χ2v) is 11.5. The molecule has 1 aromatic heterocycles. The summed E-state index contributed by atoms with van der Waals surface area (Å²) in [6, 6.07) is 16.0. The van der Waals surface area contributed by atoms with Crippen molar-refractivity contribution in [3.05, 3.63) is 93.4 Å². The predicted octanol–water partition coefficient (Wildman–Crippen LogP) is 5.48. The van der Waals surface area contributed by atoms with Crippen LogP contribution in [0.2, 0.25) is 0 Å². The highest BCUT2D eigenvalue weighted by atomic mass is 32.3. The van der Waals surface area contributed by atoms with E-state index in [2.05, 4.69) is 0 Å². The summed E-state index contributed by atoms with van der Waals surface area (Å²) >= 11 is 0. The van der Waals surface area contributed by atoms with E-state index in [1.54, 1.807) is 39.3 Å². The van der Waals surface area contributed by atoms with Gasteiger partial charge in [0, 0.05) is 31.3 Å². The monoisotopic (exact) mass is 526 g/mol. The Balaban J connectivity index is 1.71. The van der Waals surface area contributed by atoms with Gasteiger partial charge in [-0.05, 0) is 60.7 Å². The number of pyridine rings is 1. The van der Waals surface area contributed by atoms with Gasteiger partial charge in [0.15, 0.2) is 0 Å². The van der Waals surface area contributed by atoms with Crippen LogP contribution in [0.5, 0.6) is 5.75 Å². The minimum atomic E-state index is -3.32. The molecule has 0 saturated heterocycles. The van der Waals surface area contributed by atoms with Gasteiger partial charge in [-0.3, -0.25) is 18.7 Å². The normalized spacial score (nSPS) is 18.8. The second kappa shape index (κ2) is 11.1. The van der Waals surface area contributed by atoms with Crippen LogP contribution >= 0.6 is 10.8 Å². The lowest BCUT2D eigenvalue weighted by Crippen LogP contribution is -2.33. The molecule has 9 heteroatoms. The van der Waals surface area contributed by atoms with Gasteiger partial charge < -0.3 is 14.4 Å². The lowest BCUT2D eigenvalue weighted by atomic mass is 9.87. The number of ether oxygens (including phenoxy) is 1. The highest BCUT2D eigenvalue weighted by Gasteiger charge is 2.34. The zero-order chi connectivity index (χ0) is 26.7. The van der Waals surface area contributed by atoms with E-state index < -0.39 is 22.7 Å². The Morgan fingerprint density at radius 3 is 2.57 bits per heavy atom. The molecule has 0 spiro atoms. The third-order valence-electron chi connectivity index (χ3n) is 6.68. The van der Waals surface area contributed by atoms with Gasteiger partial charge in [0.2, 0.25) is 0 Å². The van der Waals surface area contributed by atoms with Gasteiger partial charge in [0.1, 0.15) is 16.7 Å². The molecule has 0 saturated carbocycles. The molecular weight excluding hydrogens is 492 g/mol. The van der Waals surface area contributed by atoms with Crippen LogP contribution in [0.25, 0.3) is 0 Å². The third kappa shape index (κ3) is 5.91. The highest BCUT2D eigenvalue weighted by molar-refractivity contribution is 8.22. The first-order valence-corrected chi connectivity index (χ1v) is 13.9. The molecule has 0 bridgehead atoms. The van der Waals surface area contributed by atoms with Crippen molar-refractivity contribution in [2.75, 3.05) is 6.54 Å². The molecule has 198 valence electrons. The Morgan fingerprint density at radius 2 is 1.86 bits per heavy atom. The van der Waals surface area contributed by atoms with Crippen LogP contribution in [0.3, 0.4) is 0 Å². The van der Waals surface area contributed by atoms with Crippen molar-refractivity contribution in [2.24, 2.45) is 0 Å². The van der Waals surface area contributed by atoms with Gasteiger partial charge in [0.25, 0.3) is 5.56 Å². The Morgan fingerprint density at radius 1 is 1.14 bits per heavy atom. The van der Waals surface area contributed by atoms with Gasteiger partial charge in [-0.2, -0.15) is 4.31 Å². The summed E-state index contributed by atoms with van der Waals surface area (Å²) in [6.07, 6.45) is 2.10. The molecule has 0 aliphatic carbocycles. The van der Waals surface area contributed by atoms with Crippen LogP contribution < -0.4 is 10.3 Å². The number of rotatable bonds is 8. The van der Waals surface area contributed by atoms with E-state index in [4.69, 9.17) is 4.74 Å². The van der Waals surface area contributed by atoms with E-state index in [1.807, 2.05) is 45.0 Å². The van der Waals surface area contributed by atoms with Crippen molar-refractivity contribution < 1.29 is 23.7 Å². The number of aryl methyl sites for hydroxylation is 2. The summed E-state index contributed by atoms with van der Waals surface area (Å²) in [4.78, 5) is 24.8. The lowest BCUT2D eigenvalue weighted by molar-refractivity contribution is -0.137. The number of carboxylic acid groups (broad SMARTS) is 1. The minimum absolute atomic E-state index is 0.159. The predicted molar refractivity (Wildman–Crippen MR) is 144 cm³/mol. The lowest BCUT2D eigenvalue weighted by Gasteiger charge is -2.42. The molecule has 1 aliphatic rings. The summed E-state index contributed by atoms with van der Waals surface area (Å²) in [5, 5.41) is 9.65. The number of nitrogens with zero attached hydrogens (tertiary/aromatic N) is 2. The number of fused-ring (bicyclic) bond motifs is 1. The Kier molecular flexibility index (Phi) is 8.08. The highest BCUT2D eigenvalue weighted by Crippen LogP contribution is 2.57. The van der Waals surface area contributed by atoms with Crippen molar-refractivity contribution in [3.8, 4) is 5.75 Å². The summed E-state index contributed by atoms with van der Waals surface area (Å²) in [5.74, 6) is -1.02.